The van der Waals surface area contributed by atoms with E-state index in [0.717, 1.165) is 0 Å². The van der Waals surface area contributed by atoms with Gasteiger partial charge in [0.2, 0.25) is 0 Å². The van der Waals surface area contributed by atoms with Crippen LogP contribution in [0.2, 0.25) is 5.02 Å². The summed E-state index contributed by atoms with van der Waals surface area (Å²) >= 11 is 5.85. The summed E-state index contributed by atoms with van der Waals surface area (Å²) in [5.41, 5.74) is -2.62. The standard InChI is InChI=1S/C17H15ClFN2O10P/c18-10-1-2-11-8(3-10)6-28-32(27,31-11)29-7-17(19)13(24)12(23)15(30-17)21-4-9(5-22)14(25)20-16(21)26/h1-5,12-13,15,23-24H,6-7H2,(H,20,25,26)/t12-,13+,15-,17-,32?/m1/s1/i15D. The number of ether oxygens (including phenoxy) is 1. The molecule has 0 spiro atoms. The molecular formula is C17H15ClFN2O10P. The number of hydrogen-bond acceptors (Lipinski definition) is 10. The number of carbonyl (C=O) groups is 1. The van der Waals surface area contributed by atoms with E-state index in [4.69, 9.17) is 31.3 Å². The van der Waals surface area contributed by atoms with Crippen LogP contribution in [0.5, 0.6) is 5.75 Å². The number of halogens is 2. The van der Waals surface area contributed by atoms with Crippen LogP contribution in [0.25, 0.3) is 0 Å². The number of aromatic nitrogens is 2. The van der Waals surface area contributed by atoms with Gasteiger partial charge in [0.15, 0.2) is 12.5 Å². The molecule has 0 radical (unpaired) electrons. The predicted molar refractivity (Wildman–Crippen MR) is 103 cm³/mol. The minimum atomic E-state index is -4.42. The van der Waals surface area contributed by atoms with Crippen molar-refractivity contribution in [2.45, 2.75) is 30.9 Å². The molecule has 0 amide bonds. The third kappa shape index (κ3) is 4.04. The summed E-state index contributed by atoms with van der Waals surface area (Å²) in [7, 11) is -4.42. The third-order valence-corrected chi connectivity index (χ3v) is 6.18. The zero-order valence-corrected chi connectivity index (χ0v) is 17.4. The second-order valence-electron chi connectivity index (χ2n) is 6.79. The fourth-order valence-electron chi connectivity index (χ4n) is 2.98. The van der Waals surface area contributed by atoms with Crippen LogP contribution in [0, 0.1) is 0 Å². The van der Waals surface area contributed by atoms with Gasteiger partial charge in [0, 0.05) is 16.8 Å². The fourth-order valence-corrected chi connectivity index (χ4v) is 4.41. The van der Waals surface area contributed by atoms with Gasteiger partial charge in [-0.15, -0.1) is 0 Å². The van der Waals surface area contributed by atoms with Gasteiger partial charge in [-0.3, -0.25) is 28.2 Å². The van der Waals surface area contributed by atoms with Gasteiger partial charge >= 0.3 is 13.5 Å². The van der Waals surface area contributed by atoms with Crippen molar-refractivity contribution in [3.05, 3.63) is 61.4 Å². The topological polar surface area (TPSA) is 166 Å². The van der Waals surface area contributed by atoms with Gasteiger partial charge in [0.05, 0.1) is 13.5 Å². The highest BCUT2D eigenvalue weighted by molar-refractivity contribution is 7.49. The van der Waals surface area contributed by atoms with Crippen LogP contribution in [0.4, 0.5) is 4.39 Å². The molecule has 2 aliphatic heterocycles. The molecule has 0 aliphatic carbocycles. The van der Waals surface area contributed by atoms with Crippen LogP contribution in [0.1, 0.15) is 23.5 Å². The molecule has 2 aliphatic rings. The maximum atomic E-state index is 15.4. The van der Waals surface area contributed by atoms with Crippen LogP contribution in [-0.4, -0.2) is 50.7 Å². The lowest BCUT2D eigenvalue weighted by molar-refractivity contribution is -0.205. The molecule has 1 aromatic heterocycles. The Balaban J connectivity index is 1.58. The quantitative estimate of drug-likeness (QED) is 0.397. The van der Waals surface area contributed by atoms with E-state index in [1.54, 1.807) is 4.98 Å². The third-order valence-electron chi connectivity index (χ3n) is 4.63. The summed E-state index contributed by atoms with van der Waals surface area (Å²) in [5.74, 6) is -3.30. The molecule has 0 bridgehead atoms. The molecule has 2 aromatic rings. The first kappa shape index (κ1) is 21.5. The second-order valence-corrected chi connectivity index (χ2v) is 8.82. The molecule has 0 saturated carbocycles. The summed E-state index contributed by atoms with van der Waals surface area (Å²) in [6.45, 7) is -1.62. The second kappa shape index (κ2) is 8.19. The molecule has 1 aromatic carbocycles. The first-order valence-corrected chi connectivity index (χ1v) is 10.7. The maximum absolute atomic E-state index is 15.4. The Bertz CT molecular complexity index is 1290. The van der Waals surface area contributed by atoms with E-state index >= 15 is 4.39 Å². The van der Waals surface area contributed by atoms with E-state index in [-0.39, 0.29) is 23.2 Å². The molecule has 3 heterocycles. The van der Waals surface area contributed by atoms with Crippen LogP contribution in [-0.2, 0) is 25.0 Å². The summed E-state index contributed by atoms with van der Waals surface area (Å²) in [6, 6.07) is 4.31. The number of fused-ring (bicyclic) bond motifs is 1. The van der Waals surface area contributed by atoms with E-state index in [1.807, 2.05) is 0 Å². The number of aromatic amines is 1. The van der Waals surface area contributed by atoms with Crippen LogP contribution in [0.15, 0.2) is 34.0 Å². The number of carbonyl (C=O) groups excluding carboxylic acids is 1. The van der Waals surface area contributed by atoms with Gasteiger partial charge in [-0.05, 0) is 18.2 Å². The highest BCUT2D eigenvalue weighted by atomic mass is 35.5. The first-order valence-electron chi connectivity index (χ1n) is 9.35. The highest BCUT2D eigenvalue weighted by Crippen LogP contribution is 2.56. The molecule has 172 valence electrons. The zero-order valence-electron chi connectivity index (χ0n) is 16.8. The van der Waals surface area contributed by atoms with Gasteiger partial charge in [0.25, 0.3) is 11.4 Å². The van der Waals surface area contributed by atoms with Crippen molar-refractivity contribution < 1.29 is 43.6 Å². The number of aldehydes is 1. The van der Waals surface area contributed by atoms with E-state index < -0.39 is 55.5 Å². The minimum Gasteiger partial charge on any atom is -0.404 e. The lowest BCUT2D eigenvalue weighted by Gasteiger charge is -2.28. The Labute approximate surface area is 184 Å². The van der Waals surface area contributed by atoms with Crippen molar-refractivity contribution in [3.63, 3.8) is 0 Å². The molecule has 5 atom stereocenters. The van der Waals surface area contributed by atoms with Crippen molar-refractivity contribution in [3.8, 4) is 5.75 Å². The largest absolute Gasteiger partial charge is 0.530 e. The number of rotatable bonds is 5. The number of nitrogens with one attached hydrogen (secondary N) is 1. The Morgan fingerprint density at radius 3 is 2.94 bits per heavy atom. The van der Waals surface area contributed by atoms with E-state index in [1.165, 1.54) is 18.2 Å². The number of aliphatic hydroxyl groups is 2. The number of phosphoric acid groups is 1. The van der Waals surface area contributed by atoms with Crippen molar-refractivity contribution in [1.29, 1.82) is 0 Å². The molecule has 3 N–H and O–H groups in total. The molecule has 32 heavy (non-hydrogen) atoms. The van der Waals surface area contributed by atoms with E-state index in [9.17, 15) is 29.2 Å². The van der Waals surface area contributed by atoms with Crippen LogP contribution >= 0.6 is 19.4 Å². The molecule has 4 rings (SSSR count). The van der Waals surface area contributed by atoms with Gasteiger partial charge in [-0.25, -0.2) is 13.8 Å². The number of benzene rings is 1. The summed E-state index contributed by atoms with van der Waals surface area (Å²) < 4.78 is 56.5. The molecule has 1 fully saturated rings. The molecule has 15 heteroatoms. The number of alkyl halides is 1. The van der Waals surface area contributed by atoms with Gasteiger partial charge in [-0.1, -0.05) is 11.6 Å². The Kier molecular flexibility index (Phi) is 5.50. The summed E-state index contributed by atoms with van der Waals surface area (Å²) in [6.07, 6.45) is -7.33. The smallest absolute Gasteiger partial charge is 0.404 e. The number of H-pyrrole nitrogens is 1. The molecule has 1 saturated heterocycles. The maximum Gasteiger partial charge on any atom is 0.530 e. The summed E-state index contributed by atoms with van der Waals surface area (Å²) in [4.78, 5) is 36.4. The monoisotopic (exact) mass is 493 g/mol. The lowest BCUT2D eigenvalue weighted by atomic mass is 10.1. The average molecular weight is 494 g/mol. The summed E-state index contributed by atoms with van der Waals surface area (Å²) in [5, 5.41) is 20.8. The fraction of sp³-hybridized carbons (Fsp3) is 0.353. The Morgan fingerprint density at radius 2 is 2.22 bits per heavy atom. The predicted octanol–water partition coefficient (Wildman–Crippen LogP) is 0.653. The molecule has 12 nitrogen and oxygen atoms in total. The lowest BCUT2D eigenvalue weighted by Crippen LogP contribution is -2.43. The van der Waals surface area contributed by atoms with Crippen molar-refractivity contribution >= 4 is 25.7 Å². The first-order chi connectivity index (χ1) is 15.4. The number of phosphoric ester groups is 1. The Morgan fingerprint density at radius 1 is 1.47 bits per heavy atom. The number of nitrogens with zero attached hydrogens (tertiary/aromatic N) is 1. The van der Waals surface area contributed by atoms with Gasteiger partial charge in [0.1, 0.15) is 24.6 Å². The number of hydrogen-bond donors (Lipinski definition) is 3. The average Bonchev–Trinajstić information content (AvgIpc) is 2.94. The van der Waals surface area contributed by atoms with Gasteiger partial charge < -0.3 is 19.5 Å². The molecule has 1 unspecified atom stereocenters. The molecular weight excluding hydrogens is 478 g/mol. The number of aliphatic hydroxyl groups excluding tert-OH is 2. The van der Waals surface area contributed by atoms with E-state index in [2.05, 4.69) is 0 Å². The van der Waals surface area contributed by atoms with Gasteiger partial charge in [-0.2, -0.15) is 0 Å². The highest BCUT2D eigenvalue weighted by Gasteiger charge is 2.57. The zero-order chi connectivity index (χ0) is 24.2. The van der Waals surface area contributed by atoms with Crippen LogP contribution in [0.3, 0.4) is 0 Å². The minimum absolute atomic E-state index is 0.0517. The van der Waals surface area contributed by atoms with Crippen molar-refractivity contribution in [2.75, 3.05) is 6.61 Å². The SMILES string of the molecule is [2H][C@@]1(n2cc(C=O)c(=O)[nH]c2=O)O[C@](F)(COP2(=O)OCc3cc(Cl)ccc3O2)[C@@H](O)[C@H]1O. The van der Waals surface area contributed by atoms with E-state index in [0.29, 0.717) is 16.8 Å². The normalized spacial score (nSPS) is 34.4. The Hall–Kier alpha value is -2.38. The van der Waals surface area contributed by atoms with Crippen molar-refractivity contribution in [2.24, 2.45) is 0 Å². The van der Waals surface area contributed by atoms with Crippen LogP contribution < -0.4 is 15.8 Å². The van der Waals surface area contributed by atoms with Crippen molar-refractivity contribution in [1.82, 2.24) is 9.55 Å².